The van der Waals surface area contributed by atoms with Crippen LogP contribution in [0.5, 0.6) is 5.75 Å². The topological polar surface area (TPSA) is 176 Å². The van der Waals surface area contributed by atoms with Crippen LogP contribution in [0.1, 0.15) is 54.6 Å². The smallest absolute Gasteiger partial charge is 0.410 e. The van der Waals surface area contributed by atoms with Crippen molar-refractivity contribution in [3.8, 4) is 11.8 Å². The minimum absolute atomic E-state index is 0.00272. The van der Waals surface area contributed by atoms with E-state index in [4.69, 9.17) is 37.8 Å². The third kappa shape index (κ3) is 8.68. The molecule has 1 aliphatic heterocycles. The van der Waals surface area contributed by atoms with E-state index in [-0.39, 0.29) is 44.6 Å². The predicted octanol–water partition coefficient (Wildman–Crippen LogP) is 6.17. The van der Waals surface area contributed by atoms with E-state index >= 15 is 8.78 Å². The number of alkyl carbamates (subject to hydrolysis) is 1. The van der Waals surface area contributed by atoms with Crippen LogP contribution in [0.2, 0.25) is 10.0 Å². The van der Waals surface area contributed by atoms with Crippen molar-refractivity contribution in [3.63, 3.8) is 0 Å². The number of nitrogens with one attached hydrogen (secondary N) is 3. The molecule has 0 radical (unpaired) electrons. The van der Waals surface area contributed by atoms with Gasteiger partial charge in [-0.25, -0.2) is 18.4 Å². The summed E-state index contributed by atoms with van der Waals surface area (Å²) in [5.74, 6) is -5.99. The largest absolute Gasteiger partial charge is 0.495 e. The number of rotatable bonds is 11. The van der Waals surface area contributed by atoms with Gasteiger partial charge in [0.2, 0.25) is 12.7 Å². The van der Waals surface area contributed by atoms with Crippen LogP contribution in [-0.2, 0) is 24.5 Å². The van der Waals surface area contributed by atoms with Crippen molar-refractivity contribution >= 4 is 52.8 Å². The highest BCUT2D eigenvalue weighted by atomic mass is 35.5. The van der Waals surface area contributed by atoms with Gasteiger partial charge in [-0.05, 0) is 53.8 Å². The Morgan fingerprint density at radius 2 is 1.78 bits per heavy atom. The van der Waals surface area contributed by atoms with Crippen LogP contribution in [-0.4, -0.2) is 61.6 Å². The molecule has 0 bridgehead atoms. The van der Waals surface area contributed by atoms with Gasteiger partial charge >= 0.3 is 18.0 Å². The second kappa shape index (κ2) is 15.9. The lowest BCUT2D eigenvalue weighted by molar-refractivity contribution is -0.136. The number of nitriles is 1. The van der Waals surface area contributed by atoms with Crippen molar-refractivity contribution in [3.05, 3.63) is 93.0 Å². The average molecular weight is 748 g/mol. The minimum Gasteiger partial charge on any atom is -0.495 e. The molecule has 12 nitrogen and oxygen atoms in total. The van der Waals surface area contributed by atoms with Gasteiger partial charge in [0.1, 0.15) is 29.3 Å². The van der Waals surface area contributed by atoms with E-state index in [1.165, 1.54) is 55.6 Å². The van der Waals surface area contributed by atoms with Gasteiger partial charge in [0.05, 0.1) is 35.5 Å². The number of carboxylic acid groups (broad SMARTS) is 1. The number of amides is 2. The van der Waals surface area contributed by atoms with Crippen LogP contribution in [0.4, 0.5) is 19.3 Å². The van der Waals surface area contributed by atoms with Gasteiger partial charge in [0.15, 0.2) is 0 Å². The molecule has 3 aromatic carbocycles. The highest BCUT2D eigenvalue weighted by Crippen LogP contribution is 2.53. The number of halogens is 4. The highest BCUT2D eigenvalue weighted by Gasteiger charge is 2.61. The van der Waals surface area contributed by atoms with Crippen LogP contribution in [0.25, 0.3) is 0 Å². The first-order valence-electron chi connectivity index (χ1n) is 15.4. The lowest BCUT2D eigenvalue weighted by Crippen LogP contribution is -2.45. The van der Waals surface area contributed by atoms with E-state index in [0.717, 1.165) is 6.07 Å². The normalized spacial score (nSPS) is 19.8. The predicted molar refractivity (Wildman–Crippen MR) is 182 cm³/mol. The van der Waals surface area contributed by atoms with Gasteiger partial charge in [-0.3, -0.25) is 9.59 Å². The van der Waals surface area contributed by atoms with Gasteiger partial charge < -0.3 is 35.3 Å². The summed E-state index contributed by atoms with van der Waals surface area (Å²) in [6.45, 7) is 4.21. The molecule has 2 amide bonds. The molecule has 51 heavy (non-hydrogen) atoms. The Hall–Kier alpha value is -4.97. The molecule has 4 atom stereocenters. The Bertz CT molecular complexity index is 1880. The number of benzene rings is 3. The molecular weight excluding hydrogens is 713 g/mol. The molecule has 16 heteroatoms. The Balaban J connectivity index is 1.71. The van der Waals surface area contributed by atoms with Crippen molar-refractivity contribution < 1.29 is 47.3 Å². The number of carbonyl (C=O) groups excluding carboxylic acids is 3. The highest BCUT2D eigenvalue weighted by molar-refractivity contribution is 6.31. The quantitative estimate of drug-likeness (QED) is 0.131. The van der Waals surface area contributed by atoms with Crippen LogP contribution < -0.4 is 20.7 Å². The number of carboxylic acids is 1. The van der Waals surface area contributed by atoms with E-state index in [2.05, 4.69) is 21.4 Å². The van der Waals surface area contributed by atoms with E-state index < -0.39 is 77.7 Å². The van der Waals surface area contributed by atoms with E-state index in [1.807, 2.05) is 26.1 Å². The lowest BCUT2D eigenvalue weighted by Gasteiger charge is -2.37. The van der Waals surface area contributed by atoms with Crippen LogP contribution in [0.3, 0.4) is 0 Å². The molecule has 4 N–H and O–H groups in total. The standard InChI is InChI=1S/C35H34Cl2F2N4O8/c1-34(2,3)14-26-35(16-40,21-10-9-19(36)13-23(21)38)28(20-6-5-7-22(37)29(20)39)30(43-26)31(46)42-24-11-8-18(12-25(24)49-4)32(47)50-17-51-33(48)41-15-27(44)45/h5-13,26,28,30,43H,14-15,17H2,1-4H3,(H,41,48)(H,42,46)(H,44,45)/t26?,28?,30-,35+/m1/s1. The van der Waals surface area contributed by atoms with E-state index in [1.54, 1.807) is 0 Å². The summed E-state index contributed by atoms with van der Waals surface area (Å²) in [5, 5.41) is 27.3. The number of anilines is 1. The minimum atomic E-state index is -1.85. The fourth-order valence-electron chi connectivity index (χ4n) is 6.11. The summed E-state index contributed by atoms with van der Waals surface area (Å²) in [7, 11) is 1.28. The molecule has 3 aromatic rings. The van der Waals surface area contributed by atoms with Crippen molar-refractivity contribution in [2.45, 2.75) is 50.6 Å². The van der Waals surface area contributed by atoms with Gasteiger partial charge in [-0.15, -0.1) is 0 Å². The van der Waals surface area contributed by atoms with Gasteiger partial charge in [-0.2, -0.15) is 5.26 Å². The maximum atomic E-state index is 15.9. The van der Waals surface area contributed by atoms with Crippen molar-refractivity contribution in [1.29, 1.82) is 5.26 Å². The number of hydrogen-bond donors (Lipinski definition) is 4. The maximum absolute atomic E-state index is 15.9. The Morgan fingerprint density at radius 1 is 1.06 bits per heavy atom. The summed E-state index contributed by atoms with van der Waals surface area (Å²) in [4.78, 5) is 48.9. The number of carbonyl (C=O) groups is 4. The number of methoxy groups -OCH3 is 1. The summed E-state index contributed by atoms with van der Waals surface area (Å²) in [5.41, 5.74) is -2.46. The first-order valence-corrected chi connectivity index (χ1v) is 16.1. The Morgan fingerprint density at radius 3 is 2.41 bits per heavy atom. The molecule has 1 saturated heterocycles. The SMILES string of the molecule is COc1cc(C(=O)OCOC(=O)NCC(=O)O)ccc1NC(=O)[C@@H]1NC(CC(C)(C)C)[C@](C#N)(c2ccc(Cl)cc2F)C1c1cccc(Cl)c1F. The van der Waals surface area contributed by atoms with E-state index in [0.29, 0.717) is 0 Å². The van der Waals surface area contributed by atoms with Crippen molar-refractivity contribution in [1.82, 2.24) is 10.6 Å². The number of ether oxygens (including phenoxy) is 3. The summed E-state index contributed by atoms with van der Waals surface area (Å²) >= 11 is 12.3. The van der Waals surface area contributed by atoms with Crippen molar-refractivity contribution in [2.75, 3.05) is 25.8 Å². The van der Waals surface area contributed by atoms with Crippen LogP contribution in [0, 0.1) is 28.4 Å². The summed E-state index contributed by atoms with van der Waals surface area (Å²) in [6, 6.07) is 11.9. The molecule has 1 aliphatic rings. The van der Waals surface area contributed by atoms with Crippen LogP contribution in [0.15, 0.2) is 54.6 Å². The third-order valence-electron chi connectivity index (χ3n) is 8.19. The van der Waals surface area contributed by atoms with Gasteiger partial charge in [0, 0.05) is 22.5 Å². The zero-order valence-electron chi connectivity index (χ0n) is 27.8. The maximum Gasteiger partial charge on any atom is 0.410 e. The fraction of sp³-hybridized carbons (Fsp3) is 0.343. The summed E-state index contributed by atoms with van der Waals surface area (Å²) in [6.07, 6.45) is -0.864. The first kappa shape index (κ1) is 38.8. The second-order valence-corrected chi connectivity index (χ2v) is 13.7. The van der Waals surface area contributed by atoms with E-state index in [9.17, 15) is 24.4 Å². The zero-order valence-corrected chi connectivity index (χ0v) is 29.3. The molecule has 0 aromatic heterocycles. The first-order chi connectivity index (χ1) is 24.0. The molecule has 0 aliphatic carbocycles. The molecule has 1 heterocycles. The van der Waals surface area contributed by atoms with Gasteiger partial charge in [0.25, 0.3) is 0 Å². The third-order valence-corrected chi connectivity index (χ3v) is 8.72. The molecule has 4 rings (SSSR count). The van der Waals surface area contributed by atoms with Crippen LogP contribution >= 0.6 is 23.2 Å². The number of nitrogens with zero attached hydrogens (tertiary/aromatic N) is 1. The van der Waals surface area contributed by atoms with Crippen molar-refractivity contribution in [2.24, 2.45) is 5.41 Å². The van der Waals surface area contributed by atoms with Gasteiger partial charge in [-0.1, -0.05) is 62.2 Å². The molecule has 0 saturated carbocycles. The number of aliphatic carboxylic acids is 1. The monoisotopic (exact) mass is 746 g/mol. The molecular formula is C35H34Cl2F2N4O8. The number of hydrogen-bond acceptors (Lipinski definition) is 9. The second-order valence-electron chi connectivity index (χ2n) is 12.8. The molecule has 2 unspecified atom stereocenters. The molecule has 0 spiro atoms. The fourth-order valence-corrected chi connectivity index (χ4v) is 6.45. The lowest BCUT2D eigenvalue weighted by atomic mass is 9.62. The number of esters is 1. The molecule has 270 valence electrons. The Kier molecular flexibility index (Phi) is 12.1. The summed E-state index contributed by atoms with van der Waals surface area (Å²) < 4.78 is 46.7. The Labute approximate surface area is 302 Å². The zero-order chi connectivity index (χ0) is 37.7. The average Bonchev–Trinajstić information content (AvgIpc) is 3.37. The molecule has 1 fully saturated rings.